The van der Waals surface area contributed by atoms with Crippen molar-refractivity contribution in [1.29, 1.82) is 0 Å². The van der Waals surface area contributed by atoms with Crippen molar-refractivity contribution < 1.29 is 38.7 Å². The molecule has 0 unspecified atom stereocenters. The smallest absolute Gasteiger partial charge is 0.345 e. The second-order valence-electron chi connectivity index (χ2n) is 5.41. The number of hydrogen-bond acceptors (Lipinski definition) is 7. The van der Waals surface area contributed by atoms with Crippen LogP contribution in [0.5, 0.6) is 28.7 Å². The summed E-state index contributed by atoms with van der Waals surface area (Å²) < 4.78 is 20.6. The zero-order valence-electron chi connectivity index (χ0n) is 15.3. The number of methoxy groups -OCH3 is 3. The van der Waals surface area contributed by atoms with Gasteiger partial charge in [0.2, 0.25) is 0 Å². The monoisotopic (exact) mass is 430 g/mol. The van der Waals surface area contributed by atoms with Crippen molar-refractivity contribution in [3.05, 3.63) is 38.9 Å². The number of carbonyl (C=O) groups is 2. The van der Waals surface area contributed by atoms with E-state index in [2.05, 4.69) is 4.74 Å². The molecule has 8 nitrogen and oxygen atoms in total. The maximum atomic E-state index is 12.2. The van der Waals surface area contributed by atoms with E-state index in [-0.39, 0.29) is 44.2 Å². The number of carboxylic acids is 1. The van der Waals surface area contributed by atoms with Crippen molar-refractivity contribution in [3.63, 3.8) is 0 Å². The molecule has 0 aromatic heterocycles. The molecule has 0 heterocycles. The Balaban J connectivity index is 2.82. The molecule has 0 aliphatic heterocycles. The summed E-state index contributed by atoms with van der Waals surface area (Å²) in [4.78, 5) is 23.9. The highest BCUT2D eigenvalue weighted by Crippen LogP contribution is 2.48. The first kappa shape index (κ1) is 21.5. The summed E-state index contributed by atoms with van der Waals surface area (Å²) in [6, 6.07) is 2.59. The molecule has 0 bridgehead atoms. The number of carbonyl (C=O) groups excluding carboxylic acids is 1. The van der Waals surface area contributed by atoms with Crippen LogP contribution in [0, 0.1) is 6.92 Å². The summed E-state index contributed by atoms with van der Waals surface area (Å²) in [6.45, 7) is 1.49. The lowest BCUT2D eigenvalue weighted by molar-refractivity contribution is 0.0594. The molecule has 0 aliphatic carbocycles. The maximum absolute atomic E-state index is 12.2. The minimum atomic E-state index is -1.35. The molecule has 28 heavy (non-hydrogen) atoms. The number of rotatable bonds is 6. The van der Waals surface area contributed by atoms with Gasteiger partial charge in [-0.25, -0.2) is 9.59 Å². The Bertz CT molecular complexity index is 956. The summed E-state index contributed by atoms with van der Waals surface area (Å²) in [5, 5.41) is 19.6. The predicted molar refractivity (Wildman–Crippen MR) is 101 cm³/mol. The zero-order valence-corrected chi connectivity index (χ0v) is 16.8. The fourth-order valence-corrected chi connectivity index (χ4v) is 2.84. The molecular weight excluding hydrogens is 415 g/mol. The third kappa shape index (κ3) is 3.74. The molecule has 0 fully saturated rings. The van der Waals surface area contributed by atoms with Crippen LogP contribution in [-0.4, -0.2) is 43.5 Å². The number of aromatic hydroxyl groups is 1. The molecule has 0 spiro atoms. The molecule has 0 amide bonds. The van der Waals surface area contributed by atoms with Gasteiger partial charge in [0, 0.05) is 6.07 Å². The fourth-order valence-electron chi connectivity index (χ4n) is 2.37. The fraction of sp³-hybridized carbons (Fsp3) is 0.222. The van der Waals surface area contributed by atoms with Crippen molar-refractivity contribution in [2.24, 2.45) is 0 Å². The topological polar surface area (TPSA) is 112 Å². The highest BCUT2D eigenvalue weighted by atomic mass is 35.5. The van der Waals surface area contributed by atoms with Gasteiger partial charge in [0.1, 0.15) is 16.9 Å². The van der Waals surface area contributed by atoms with Crippen molar-refractivity contribution in [2.75, 3.05) is 21.3 Å². The Kier molecular flexibility index (Phi) is 6.48. The van der Waals surface area contributed by atoms with Gasteiger partial charge >= 0.3 is 11.9 Å². The lowest BCUT2D eigenvalue weighted by Gasteiger charge is -2.19. The van der Waals surface area contributed by atoms with E-state index >= 15 is 0 Å². The number of phenols is 1. The molecule has 10 heteroatoms. The zero-order chi connectivity index (χ0) is 21.2. The first-order valence-corrected chi connectivity index (χ1v) is 8.39. The number of esters is 1. The van der Waals surface area contributed by atoms with Crippen LogP contribution in [-0.2, 0) is 4.74 Å². The van der Waals surface area contributed by atoms with Crippen LogP contribution in [0.15, 0.2) is 12.1 Å². The van der Waals surface area contributed by atoms with Crippen molar-refractivity contribution >= 4 is 35.1 Å². The number of ether oxygens (including phenoxy) is 4. The van der Waals surface area contributed by atoms with Crippen molar-refractivity contribution in [1.82, 2.24) is 0 Å². The third-order valence-electron chi connectivity index (χ3n) is 3.84. The standard InChI is InChI=1S/C18H16Cl2O8/c1-7-12(19)14(21)11(18(24)27-4)16(13(7)20)28-15-9(17(22)23)5-8(25-2)6-10(15)26-3/h5-6,21H,1-4H3,(H,22,23). The number of phenolic OH excluding ortho intramolecular Hbond substituents is 1. The molecule has 150 valence electrons. The molecule has 2 aromatic rings. The van der Waals surface area contributed by atoms with Gasteiger partial charge in [-0.3, -0.25) is 0 Å². The van der Waals surface area contributed by atoms with Crippen molar-refractivity contribution in [3.8, 4) is 28.7 Å². The summed E-state index contributed by atoms with van der Waals surface area (Å²) in [5.74, 6) is -3.34. The van der Waals surface area contributed by atoms with E-state index in [0.29, 0.717) is 0 Å². The minimum Gasteiger partial charge on any atom is -0.505 e. The molecule has 2 aromatic carbocycles. The number of aromatic carboxylic acids is 1. The van der Waals surface area contributed by atoms with Crippen LogP contribution in [0.25, 0.3) is 0 Å². The van der Waals surface area contributed by atoms with Crippen LogP contribution in [0.3, 0.4) is 0 Å². The van der Waals surface area contributed by atoms with Crippen LogP contribution in [0.2, 0.25) is 10.0 Å². The highest BCUT2D eigenvalue weighted by molar-refractivity contribution is 6.38. The van der Waals surface area contributed by atoms with E-state index in [1.807, 2.05) is 0 Å². The van der Waals surface area contributed by atoms with E-state index < -0.39 is 23.3 Å². The summed E-state index contributed by atoms with van der Waals surface area (Å²) in [6.07, 6.45) is 0. The van der Waals surface area contributed by atoms with Crippen LogP contribution in [0.4, 0.5) is 0 Å². The minimum absolute atomic E-state index is 0.00396. The first-order valence-electron chi connectivity index (χ1n) is 7.63. The predicted octanol–water partition coefficient (Wildman–Crippen LogP) is 4.30. The number of carboxylic acid groups (broad SMARTS) is 1. The van der Waals surface area contributed by atoms with E-state index in [4.69, 9.17) is 37.4 Å². The maximum Gasteiger partial charge on any atom is 0.345 e. The molecule has 0 saturated carbocycles. The number of halogens is 2. The third-order valence-corrected chi connectivity index (χ3v) is 4.76. The molecule has 2 rings (SSSR count). The van der Waals surface area contributed by atoms with E-state index in [9.17, 15) is 19.8 Å². The van der Waals surface area contributed by atoms with Gasteiger partial charge in [-0.2, -0.15) is 0 Å². The Morgan fingerprint density at radius 3 is 2.14 bits per heavy atom. The molecular formula is C18H16Cl2O8. The van der Waals surface area contributed by atoms with E-state index in [1.54, 1.807) is 0 Å². The normalized spacial score (nSPS) is 10.4. The van der Waals surface area contributed by atoms with Gasteiger partial charge < -0.3 is 29.2 Å². The van der Waals surface area contributed by atoms with Gasteiger partial charge in [0.05, 0.1) is 31.4 Å². The Morgan fingerprint density at radius 2 is 1.64 bits per heavy atom. The van der Waals surface area contributed by atoms with E-state index in [0.717, 1.165) is 7.11 Å². The second kappa shape index (κ2) is 8.45. The van der Waals surface area contributed by atoms with Crippen molar-refractivity contribution in [2.45, 2.75) is 6.92 Å². The van der Waals surface area contributed by atoms with Gasteiger partial charge in [-0.15, -0.1) is 0 Å². The van der Waals surface area contributed by atoms with E-state index in [1.165, 1.54) is 33.3 Å². The lowest BCUT2D eigenvalue weighted by atomic mass is 10.1. The van der Waals surface area contributed by atoms with Crippen LogP contribution < -0.4 is 14.2 Å². The second-order valence-corrected chi connectivity index (χ2v) is 6.17. The number of hydrogen-bond donors (Lipinski definition) is 2. The van der Waals surface area contributed by atoms with Crippen LogP contribution in [0.1, 0.15) is 26.3 Å². The summed E-state index contributed by atoms with van der Waals surface area (Å²) >= 11 is 12.3. The summed E-state index contributed by atoms with van der Waals surface area (Å²) in [7, 11) is 3.73. The average molecular weight is 431 g/mol. The lowest BCUT2D eigenvalue weighted by Crippen LogP contribution is -2.09. The molecule has 0 radical (unpaired) electrons. The first-order chi connectivity index (χ1) is 13.2. The van der Waals surface area contributed by atoms with Gasteiger partial charge in [0.15, 0.2) is 23.0 Å². The molecule has 0 atom stereocenters. The largest absolute Gasteiger partial charge is 0.505 e. The highest BCUT2D eigenvalue weighted by Gasteiger charge is 2.30. The average Bonchev–Trinajstić information content (AvgIpc) is 2.69. The Morgan fingerprint density at radius 1 is 1.00 bits per heavy atom. The number of benzene rings is 2. The van der Waals surface area contributed by atoms with Crippen LogP contribution >= 0.6 is 23.2 Å². The van der Waals surface area contributed by atoms with Gasteiger partial charge in [-0.1, -0.05) is 23.2 Å². The molecule has 2 N–H and O–H groups in total. The summed E-state index contributed by atoms with van der Waals surface area (Å²) in [5.41, 5.74) is -0.569. The molecule has 0 saturated heterocycles. The Hall–Kier alpha value is -2.84. The quantitative estimate of drug-likeness (QED) is 0.652. The SMILES string of the molecule is COC(=O)c1c(O)c(Cl)c(C)c(Cl)c1Oc1c(OC)cc(OC)cc1C(=O)O. The molecule has 0 aliphatic rings. The van der Waals surface area contributed by atoms with Gasteiger partial charge in [0.25, 0.3) is 0 Å². The van der Waals surface area contributed by atoms with Gasteiger partial charge in [-0.05, 0) is 18.6 Å². The Labute approximate surface area is 170 Å².